The van der Waals surface area contributed by atoms with Gasteiger partial charge >= 0.3 is 0 Å². The van der Waals surface area contributed by atoms with Crippen LogP contribution in [0.4, 0.5) is 11.5 Å². The normalized spacial score (nSPS) is 12.6. The molecule has 0 radical (unpaired) electrons. The van der Waals surface area contributed by atoms with Crippen molar-refractivity contribution in [3.63, 3.8) is 0 Å². The second-order valence-electron chi connectivity index (χ2n) is 4.28. The van der Waals surface area contributed by atoms with Crippen LogP contribution in [0.3, 0.4) is 0 Å². The van der Waals surface area contributed by atoms with Gasteiger partial charge in [-0.25, -0.2) is 4.98 Å². The van der Waals surface area contributed by atoms with Gasteiger partial charge in [0.05, 0.1) is 17.7 Å². The summed E-state index contributed by atoms with van der Waals surface area (Å²) in [5.41, 5.74) is 7.52. The standard InChI is InChI=1S/C11H18N6/c1-8(6-17-5-4-13-7-17)14-11-10(12)9(2)15-16(11)3/h4-5,7-8,14H,6,12H2,1-3H3. The van der Waals surface area contributed by atoms with Crippen LogP contribution in [-0.2, 0) is 13.6 Å². The van der Waals surface area contributed by atoms with E-state index < -0.39 is 0 Å². The highest BCUT2D eigenvalue weighted by molar-refractivity contribution is 5.64. The Morgan fingerprint density at radius 2 is 2.29 bits per heavy atom. The number of rotatable bonds is 4. The smallest absolute Gasteiger partial charge is 0.148 e. The van der Waals surface area contributed by atoms with Gasteiger partial charge in [-0.2, -0.15) is 5.10 Å². The lowest BCUT2D eigenvalue weighted by Crippen LogP contribution is -2.23. The number of aromatic nitrogens is 4. The Hall–Kier alpha value is -1.98. The SMILES string of the molecule is Cc1nn(C)c(NC(C)Cn2ccnc2)c1N. The molecule has 0 fully saturated rings. The average Bonchev–Trinajstić information content (AvgIpc) is 2.83. The van der Waals surface area contributed by atoms with Crippen LogP contribution in [0, 0.1) is 6.92 Å². The zero-order chi connectivity index (χ0) is 12.4. The zero-order valence-corrected chi connectivity index (χ0v) is 10.4. The van der Waals surface area contributed by atoms with E-state index in [0.29, 0.717) is 5.69 Å². The van der Waals surface area contributed by atoms with Gasteiger partial charge in [0.2, 0.25) is 0 Å². The van der Waals surface area contributed by atoms with Crippen molar-refractivity contribution in [3.8, 4) is 0 Å². The van der Waals surface area contributed by atoms with E-state index in [-0.39, 0.29) is 6.04 Å². The fourth-order valence-electron chi connectivity index (χ4n) is 1.84. The number of aryl methyl sites for hydroxylation is 2. The average molecular weight is 234 g/mol. The van der Waals surface area contributed by atoms with Gasteiger partial charge in [0.1, 0.15) is 5.82 Å². The Morgan fingerprint density at radius 3 is 2.82 bits per heavy atom. The molecule has 6 heteroatoms. The highest BCUT2D eigenvalue weighted by atomic mass is 15.3. The van der Waals surface area contributed by atoms with E-state index in [0.717, 1.165) is 18.1 Å². The van der Waals surface area contributed by atoms with Crippen molar-refractivity contribution < 1.29 is 0 Å². The molecular formula is C11H18N6. The van der Waals surface area contributed by atoms with Crippen LogP contribution < -0.4 is 11.1 Å². The van der Waals surface area contributed by atoms with Gasteiger partial charge in [0, 0.05) is 32.0 Å². The Labute approximate surface area is 100 Å². The number of hydrogen-bond donors (Lipinski definition) is 2. The van der Waals surface area contributed by atoms with E-state index >= 15 is 0 Å². The summed E-state index contributed by atoms with van der Waals surface area (Å²) < 4.78 is 3.80. The molecule has 3 N–H and O–H groups in total. The number of nitrogen functional groups attached to an aromatic ring is 1. The summed E-state index contributed by atoms with van der Waals surface area (Å²) in [6.07, 6.45) is 5.52. The molecular weight excluding hydrogens is 216 g/mol. The monoisotopic (exact) mass is 234 g/mol. The van der Waals surface area contributed by atoms with E-state index in [2.05, 4.69) is 22.3 Å². The Kier molecular flexibility index (Phi) is 3.03. The Morgan fingerprint density at radius 1 is 1.53 bits per heavy atom. The van der Waals surface area contributed by atoms with Crippen LogP contribution in [0.15, 0.2) is 18.7 Å². The van der Waals surface area contributed by atoms with Crippen molar-refractivity contribution in [2.24, 2.45) is 7.05 Å². The first-order valence-electron chi connectivity index (χ1n) is 5.59. The fraction of sp³-hybridized carbons (Fsp3) is 0.455. The second-order valence-corrected chi connectivity index (χ2v) is 4.28. The number of imidazole rings is 1. The predicted molar refractivity (Wildman–Crippen MR) is 67.7 cm³/mol. The van der Waals surface area contributed by atoms with Gasteiger partial charge in [0.25, 0.3) is 0 Å². The molecule has 2 heterocycles. The number of nitrogens with two attached hydrogens (primary N) is 1. The van der Waals surface area contributed by atoms with E-state index in [4.69, 9.17) is 5.73 Å². The minimum Gasteiger partial charge on any atom is -0.394 e. The molecule has 0 amide bonds. The molecule has 2 aromatic rings. The van der Waals surface area contributed by atoms with Gasteiger partial charge in [-0.1, -0.05) is 0 Å². The van der Waals surface area contributed by atoms with Crippen molar-refractivity contribution in [2.45, 2.75) is 26.4 Å². The molecule has 0 aliphatic heterocycles. The molecule has 0 aliphatic carbocycles. The predicted octanol–water partition coefficient (Wildman–Crippen LogP) is 1.01. The third-order valence-corrected chi connectivity index (χ3v) is 2.70. The molecule has 0 saturated carbocycles. The molecule has 0 bridgehead atoms. The minimum atomic E-state index is 0.251. The lowest BCUT2D eigenvalue weighted by Gasteiger charge is -2.16. The lowest BCUT2D eigenvalue weighted by molar-refractivity contribution is 0.610. The Balaban J connectivity index is 2.05. The topological polar surface area (TPSA) is 73.7 Å². The summed E-state index contributed by atoms with van der Waals surface area (Å²) in [5, 5.41) is 7.64. The zero-order valence-electron chi connectivity index (χ0n) is 10.4. The number of anilines is 2. The molecule has 17 heavy (non-hydrogen) atoms. The van der Waals surface area contributed by atoms with E-state index in [1.807, 2.05) is 24.7 Å². The van der Waals surface area contributed by atoms with Gasteiger partial charge in [-0.05, 0) is 13.8 Å². The molecule has 6 nitrogen and oxygen atoms in total. The molecule has 2 rings (SSSR count). The van der Waals surface area contributed by atoms with Crippen molar-refractivity contribution >= 4 is 11.5 Å². The van der Waals surface area contributed by atoms with Crippen LogP contribution in [0.1, 0.15) is 12.6 Å². The fourth-order valence-corrected chi connectivity index (χ4v) is 1.84. The molecule has 1 atom stereocenters. The molecule has 0 spiro atoms. The van der Waals surface area contributed by atoms with Crippen LogP contribution >= 0.6 is 0 Å². The maximum absolute atomic E-state index is 5.96. The summed E-state index contributed by atoms with van der Waals surface area (Å²) in [7, 11) is 1.88. The van der Waals surface area contributed by atoms with Crippen molar-refractivity contribution in [3.05, 3.63) is 24.4 Å². The number of hydrogen-bond acceptors (Lipinski definition) is 4. The molecule has 0 aromatic carbocycles. The summed E-state index contributed by atoms with van der Waals surface area (Å²) >= 11 is 0. The summed E-state index contributed by atoms with van der Waals surface area (Å²) in [5.74, 6) is 0.870. The second kappa shape index (κ2) is 4.48. The van der Waals surface area contributed by atoms with Gasteiger partial charge in [0.15, 0.2) is 0 Å². The first-order chi connectivity index (χ1) is 8.08. The van der Waals surface area contributed by atoms with E-state index in [1.54, 1.807) is 17.2 Å². The quantitative estimate of drug-likeness (QED) is 0.828. The Bertz CT molecular complexity index is 484. The molecule has 92 valence electrons. The largest absolute Gasteiger partial charge is 0.394 e. The highest BCUT2D eigenvalue weighted by Crippen LogP contribution is 2.21. The maximum atomic E-state index is 5.96. The molecule has 2 aromatic heterocycles. The number of nitrogens with zero attached hydrogens (tertiary/aromatic N) is 4. The third kappa shape index (κ3) is 2.41. The van der Waals surface area contributed by atoms with Crippen molar-refractivity contribution in [1.82, 2.24) is 19.3 Å². The minimum absolute atomic E-state index is 0.251. The number of nitrogens with one attached hydrogen (secondary N) is 1. The lowest BCUT2D eigenvalue weighted by atomic mass is 10.3. The van der Waals surface area contributed by atoms with Crippen LogP contribution in [-0.4, -0.2) is 25.4 Å². The van der Waals surface area contributed by atoms with Crippen LogP contribution in [0.25, 0.3) is 0 Å². The molecule has 1 unspecified atom stereocenters. The van der Waals surface area contributed by atoms with Gasteiger partial charge in [-0.3, -0.25) is 4.68 Å². The van der Waals surface area contributed by atoms with Gasteiger partial charge < -0.3 is 15.6 Å². The molecule has 0 aliphatic rings. The van der Waals surface area contributed by atoms with Crippen molar-refractivity contribution in [1.29, 1.82) is 0 Å². The first kappa shape index (κ1) is 11.5. The van der Waals surface area contributed by atoms with Crippen LogP contribution in [0.2, 0.25) is 0 Å². The highest BCUT2D eigenvalue weighted by Gasteiger charge is 2.12. The molecule has 0 saturated heterocycles. The van der Waals surface area contributed by atoms with Crippen LogP contribution in [0.5, 0.6) is 0 Å². The van der Waals surface area contributed by atoms with E-state index in [1.165, 1.54) is 0 Å². The van der Waals surface area contributed by atoms with Crippen molar-refractivity contribution in [2.75, 3.05) is 11.1 Å². The third-order valence-electron chi connectivity index (χ3n) is 2.70. The maximum Gasteiger partial charge on any atom is 0.148 e. The van der Waals surface area contributed by atoms with E-state index in [9.17, 15) is 0 Å². The summed E-state index contributed by atoms with van der Waals surface area (Å²) in [6.45, 7) is 4.84. The van der Waals surface area contributed by atoms with Gasteiger partial charge in [-0.15, -0.1) is 0 Å². The summed E-state index contributed by atoms with van der Waals surface area (Å²) in [6, 6.07) is 0.251. The summed E-state index contributed by atoms with van der Waals surface area (Å²) in [4.78, 5) is 4.01. The first-order valence-corrected chi connectivity index (χ1v) is 5.59.